The fourth-order valence-corrected chi connectivity index (χ4v) is 3.03. The summed E-state index contributed by atoms with van der Waals surface area (Å²) in [5.41, 5.74) is 3.48. The highest BCUT2D eigenvalue weighted by Gasteiger charge is 2.05. The van der Waals surface area contributed by atoms with Gasteiger partial charge in [0.1, 0.15) is 12.4 Å². The molecule has 28 heavy (non-hydrogen) atoms. The van der Waals surface area contributed by atoms with Crippen LogP contribution in [0.15, 0.2) is 66.7 Å². The number of allylic oxidation sites excluding steroid dienone is 1. The fraction of sp³-hybridized carbons (Fsp3) is 0.0435. The molecule has 0 saturated carbocycles. The van der Waals surface area contributed by atoms with Gasteiger partial charge in [0.05, 0.1) is 23.3 Å². The minimum Gasteiger partial charge on any atom is -0.489 e. The topological polar surface area (TPSA) is 56.8 Å². The van der Waals surface area contributed by atoms with Crippen LogP contribution < -0.4 is 4.74 Å². The zero-order valence-corrected chi connectivity index (χ0v) is 16.2. The van der Waals surface area contributed by atoms with Gasteiger partial charge < -0.3 is 4.74 Å². The first-order valence-corrected chi connectivity index (χ1v) is 9.14. The van der Waals surface area contributed by atoms with E-state index in [4.69, 9.17) is 33.2 Å². The lowest BCUT2D eigenvalue weighted by molar-refractivity contribution is 0.306. The van der Waals surface area contributed by atoms with E-state index in [1.807, 2.05) is 30.3 Å². The molecule has 0 heterocycles. The van der Waals surface area contributed by atoms with Crippen molar-refractivity contribution >= 4 is 34.9 Å². The van der Waals surface area contributed by atoms with Gasteiger partial charge in [0, 0.05) is 15.6 Å². The number of rotatable bonds is 5. The molecule has 0 spiro atoms. The normalized spacial score (nSPS) is 10.8. The van der Waals surface area contributed by atoms with E-state index in [-0.39, 0.29) is 0 Å². The van der Waals surface area contributed by atoms with Crippen LogP contribution in [0.25, 0.3) is 11.6 Å². The van der Waals surface area contributed by atoms with Gasteiger partial charge in [-0.25, -0.2) is 0 Å². The zero-order valence-electron chi connectivity index (χ0n) is 14.7. The quantitative estimate of drug-likeness (QED) is 0.359. The molecule has 0 unspecified atom stereocenters. The molecular formula is C23H14Cl2N2O. The number of ether oxygens (including phenoxy) is 1. The third kappa shape index (κ3) is 4.93. The van der Waals surface area contributed by atoms with Crippen molar-refractivity contribution in [1.82, 2.24) is 0 Å². The summed E-state index contributed by atoms with van der Waals surface area (Å²) in [6, 6.07) is 23.9. The summed E-state index contributed by atoms with van der Waals surface area (Å²) in [6.07, 6.45) is 1.78. The average Bonchev–Trinajstić information content (AvgIpc) is 2.72. The second-order valence-corrected chi connectivity index (χ2v) is 6.80. The van der Waals surface area contributed by atoms with Gasteiger partial charge >= 0.3 is 0 Å². The minimum absolute atomic E-state index is 0.309. The molecule has 0 saturated heterocycles. The summed E-state index contributed by atoms with van der Waals surface area (Å²) in [6.45, 7) is 0.309. The zero-order chi connectivity index (χ0) is 19.9. The van der Waals surface area contributed by atoms with Crippen molar-refractivity contribution in [3.8, 4) is 17.9 Å². The molecule has 3 rings (SSSR count). The van der Waals surface area contributed by atoms with Gasteiger partial charge in [-0.3, -0.25) is 0 Å². The number of nitriles is 2. The van der Waals surface area contributed by atoms with Crippen LogP contribution >= 0.6 is 23.2 Å². The summed E-state index contributed by atoms with van der Waals surface area (Å²) in [7, 11) is 0. The predicted molar refractivity (Wildman–Crippen MR) is 112 cm³/mol. The van der Waals surface area contributed by atoms with E-state index in [2.05, 4.69) is 12.1 Å². The van der Waals surface area contributed by atoms with Gasteiger partial charge in [0.2, 0.25) is 0 Å². The standard InChI is InChI=1S/C23H14Cl2N2O/c24-21-9-8-19(23(25)12-21)15-28-22-3-1-2-17(11-22)10-20(14-27)18-6-4-16(13-26)5-7-18/h1-12H,15H2/b20-10-. The minimum atomic E-state index is 0.309. The number of halogens is 2. The Hall–Kier alpha value is -3.24. The third-order valence-corrected chi connectivity index (χ3v) is 4.61. The van der Waals surface area contributed by atoms with Crippen molar-refractivity contribution in [3.63, 3.8) is 0 Å². The number of nitrogens with zero attached hydrogens (tertiary/aromatic N) is 2. The van der Waals surface area contributed by atoms with Crippen molar-refractivity contribution in [2.75, 3.05) is 0 Å². The van der Waals surface area contributed by atoms with E-state index < -0.39 is 0 Å². The monoisotopic (exact) mass is 404 g/mol. The predicted octanol–water partition coefficient (Wildman–Crippen LogP) is 6.51. The van der Waals surface area contributed by atoms with E-state index in [1.165, 1.54) is 0 Å². The Bertz CT molecular complexity index is 1110. The Balaban J connectivity index is 1.78. The summed E-state index contributed by atoms with van der Waals surface area (Å²) >= 11 is 12.1. The average molecular weight is 405 g/mol. The Kier molecular flexibility index (Phi) is 6.35. The van der Waals surface area contributed by atoms with Crippen molar-refractivity contribution in [2.24, 2.45) is 0 Å². The molecule has 0 radical (unpaired) electrons. The van der Waals surface area contributed by atoms with Crippen LogP contribution in [0.2, 0.25) is 10.0 Å². The Morgan fingerprint density at radius 3 is 2.43 bits per heavy atom. The van der Waals surface area contributed by atoms with Crippen LogP contribution in [0.1, 0.15) is 22.3 Å². The molecule has 0 aromatic heterocycles. The second kappa shape index (κ2) is 9.11. The van der Waals surface area contributed by atoms with Crippen molar-refractivity contribution in [2.45, 2.75) is 6.61 Å². The van der Waals surface area contributed by atoms with E-state index >= 15 is 0 Å². The van der Waals surface area contributed by atoms with Crippen LogP contribution in [0.5, 0.6) is 5.75 Å². The van der Waals surface area contributed by atoms with Crippen molar-refractivity contribution in [3.05, 3.63) is 99.0 Å². The molecule has 0 amide bonds. The summed E-state index contributed by atoms with van der Waals surface area (Å²) in [5.74, 6) is 0.664. The molecule has 0 bridgehead atoms. The summed E-state index contributed by atoms with van der Waals surface area (Å²) in [4.78, 5) is 0. The highest BCUT2D eigenvalue weighted by Crippen LogP contribution is 2.24. The highest BCUT2D eigenvalue weighted by atomic mass is 35.5. The van der Waals surface area contributed by atoms with Gasteiger partial charge in [0.15, 0.2) is 0 Å². The maximum atomic E-state index is 9.50. The largest absolute Gasteiger partial charge is 0.489 e. The van der Waals surface area contributed by atoms with Gasteiger partial charge in [-0.15, -0.1) is 0 Å². The first-order valence-electron chi connectivity index (χ1n) is 8.38. The molecule has 0 atom stereocenters. The van der Waals surface area contributed by atoms with Crippen LogP contribution in [-0.2, 0) is 6.61 Å². The molecular weight excluding hydrogens is 391 g/mol. The molecule has 136 valence electrons. The molecule has 0 N–H and O–H groups in total. The smallest absolute Gasteiger partial charge is 0.120 e. The number of hydrogen-bond donors (Lipinski definition) is 0. The lowest BCUT2D eigenvalue weighted by Gasteiger charge is -2.09. The molecule has 0 aliphatic heterocycles. The first-order chi connectivity index (χ1) is 13.6. The maximum absolute atomic E-state index is 9.50. The highest BCUT2D eigenvalue weighted by molar-refractivity contribution is 6.35. The first kappa shape index (κ1) is 19.5. The Morgan fingerprint density at radius 2 is 1.75 bits per heavy atom. The van der Waals surface area contributed by atoms with Gasteiger partial charge in [0.25, 0.3) is 0 Å². The van der Waals surface area contributed by atoms with E-state index in [9.17, 15) is 5.26 Å². The van der Waals surface area contributed by atoms with E-state index in [0.29, 0.717) is 33.5 Å². The van der Waals surface area contributed by atoms with E-state index in [1.54, 1.807) is 42.5 Å². The van der Waals surface area contributed by atoms with Gasteiger partial charge in [-0.05, 0) is 53.6 Å². The van der Waals surface area contributed by atoms with Crippen molar-refractivity contribution in [1.29, 1.82) is 10.5 Å². The maximum Gasteiger partial charge on any atom is 0.120 e. The summed E-state index contributed by atoms with van der Waals surface area (Å²) in [5, 5.41) is 19.5. The third-order valence-electron chi connectivity index (χ3n) is 4.02. The number of hydrogen-bond acceptors (Lipinski definition) is 3. The van der Waals surface area contributed by atoms with Gasteiger partial charge in [-0.2, -0.15) is 10.5 Å². The lowest BCUT2D eigenvalue weighted by Crippen LogP contribution is -1.96. The van der Waals surface area contributed by atoms with Crippen LogP contribution in [-0.4, -0.2) is 0 Å². The van der Waals surface area contributed by atoms with Crippen LogP contribution in [0.3, 0.4) is 0 Å². The summed E-state index contributed by atoms with van der Waals surface area (Å²) < 4.78 is 5.83. The fourth-order valence-electron chi connectivity index (χ4n) is 2.57. The molecule has 0 aliphatic carbocycles. The van der Waals surface area contributed by atoms with E-state index in [0.717, 1.165) is 16.7 Å². The van der Waals surface area contributed by atoms with Gasteiger partial charge in [-0.1, -0.05) is 53.5 Å². The van der Waals surface area contributed by atoms with Crippen LogP contribution in [0.4, 0.5) is 0 Å². The SMILES string of the molecule is N#C/C(=C/c1cccc(OCc2ccc(Cl)cc2Cl)c1)c1ccc(C#N)cc1. The number of benzene rings is 3. The lowest BCUT2D eigenvalue weighted by atomic mass is 10.0. The van der Waals surface area contributed by atoms with Crippen LogP contribution in [0, 0.1) is 22.7 Å². The Morgan fingerprint density at radius 1 is 0.964 bits per heavy atom. The molecule has 0 aliphatic rings. The molecule has 5 heteroatoms. The molecule has 0 fully saturated rings. The van der Waals surface area contributed by atoms with Crippen molar-refractivity contribution < 1.29 is 4.74 Å². The Labute approximate surface area is 173 Å². The second-order valence-electron chi connectivity index (χ2n) is 5.96. The molecule has 3 aromatic rings. The molecule has 3 nitrogen and oxygen atoms in total. The molecule has 3 aromatic carbocycles.